The Bertz CT molecular complexity index is 653. The number of hydrogen-bond acceptors (Lipinski definition) is 2. The topological polar surface area (TPSA) is 49.4 Å². The van der Waals surface area contributed by atoms with Gasteiger partial charge in [0.1, 0.15) is 5.54 Å². The lowest BCUT2D eigenvalue weighted by Crippen LogP contribution is -2.54. The maximum Gasteiger partial charge on any atom is 0.245 e. The van der Waals surface area contributed by atoms with Crippen molar-refractivity contribution in [2.45, 2.75) is 64.0 Å². The molecule has 1 heterocycles. The quantitative estimate of drug-likeness (QED) is 0.805. The summed E-state index contributed by atoms with van der Waals surface area (Å²) in [5.74, 6) is 0.0635. The van der Waals surface area contributed by atoms with Gasteiger partial charge in [0.05, 0.1) is 0 Å². The SMILES string of the molecule is CC1(C(=O)NCc2ccccc2)CCC(=O)N1CCC1=CCCCC1. The van der Waals surface area contributed by atoms with Crippen LogP contribution in [0.5, 0.6) is 0 Å². The van der Waals surface area contributed by atoms with Crippen molar-refractivity contribution in [2.24, 2.45) is 0 Å². The lowest BCUT2D eigenvalue weighted by molar-refractivity contribution is -0.140. The number of allylic oxidation sites excluding steroid dienone is 1. The molecule has 1 saturated heterocycles. The Morgan fingerprint density at radius 1 is 1.20 bits per heavy atom. The third kappa shape index (κ3) is 4.12. The van der Waals surface area contributed by atoms with Crippen LogP contribution in [0.15, 0.2) is 42.0 Å². The van der Waals surface area contributed by atoms with Crippen LogP contribution >= 0.6 is 0 Å². The summed E-state index contributed by atoms with van der Waals surface area (Å²) in [5, 5.41) is 3.02. The number of likely N-dealkylation sites (tertiary alicyclic amines) is 1. The van der Waals surface area contributed by atoms with Gasteiger partial charge in [0.2, 0.25) is 11.8 Å². The van der Waals surface area contributed by atoms with E-state index in [9.17, 15) is 9.59 Å². The first kappa shape index (κ1) is 17.7. The lowest BCUT2D eigenvalue weighted by atomic mass is 9.94. The Kier molecular flexibility index (Phi) is 5.57. The predicted molar refractivity (Wildman–Crippen MR) is 98.8 cm³/mol. The van der Waals surface area contributed by atoms with Gasteiger partial charge in [-0.15, -0.1) is 0 Å². The average Bonchev–Trinajstić information content (AvgIpc) is 2.95. The minimum atomic E-state index is -0.721. The van der Waals surface area contributed by atoms with Gasteiger partial charge in [0.25, 0.3) is 0 Å². The zero-order valence-electron chi connectivity index (χ0n) is 15.1. The molecule has 0 spiro atoms. The van der Waals surface area contributed by atoms with E-state index in [1.165, 1.54) is 18.4 Å². The summed E-state index contributed by atoms with van der Waals surface area (Å²) in [6.45, 7) is 3.07. The molecule has 1 aliphatic heterocycles. The number of amides is 2. The third-order valence-corrected chi connectivity index (χ3v) is 5.55. The van der Waals surface area contributed by atoms with Crippen molar-refractivity contribution >= 4 is 11.8 Å². The highest BCUT2D eigenvalue weighted by Crippen LogP contribution is 2.32. The fourth-order valence-corrected chi connectivity index (χ4v) is 3.86. The van der Waals surface area contributed by atoms with Gasteiger partial charge in [-0.1, -0.05) is 42.0 Å². The Labute approximate surface area is 150 Å². The first-order valence-electron chi connectivity index (χ1n) is 9.40. The number of benzene rings is 1. The third-order valence-electron chi connectivity index (χ3n) is 5.55. The maximum absolute atomic E-state index is 12.8. The summed E-state index contributed by atoms with van der Waals surface area (Å²) in [7, 11) is 0. The molecule has 3 rings (SSSR count). The minimum Gasteiger partial charge on any atom is -0.350 e. The number of carbonyl (C=O) groups excluding carboxylic acids is 2. The van der Waals surface area contributed by atoms with Gasteiger partial charge >= 0.3 is 0 Å². The van der Waals surface area contributed by atoms with Crippen LogP contribution in [-0.2, 0) is 16.1 Å². The van der Waals surface area contributed by atoms with Gasteiger partial charge in [0, 0.05) is 19.5 Å². The van der Waals surface area contributed by atoms with Crippen LogP contribution in [0.3, 0.4) is 0 Å². The first-order chi connectivity index (χ1) is 12.1. The fraction of sp³-hybridized carbons (Fsp3) is 0.524. The monoisotopic (exact) mass is 340 g/mol. The highest BCUT2D eigenvalue weighted by atomic mass is 16.2. The summed E-state index contributed by atoms with van der Waals surface area (Å²) < 4.78 is 0. The van der Waals surface area contributed by atoms with E-state index in [1.54, 1.807) is 0 Å². The largest absolute Gasteiger partial charge is 0.350 e. The molecule has 1 N–H and O–H groups in total. The summed E-state index contributed by atoms with van der Waals surface area (Å²) >= 11 is 0. The van der Waals surface area contributed by atoms with Crippen LogP contribution in [0.1, 0.15) is 57.4 Å². The number of nitrogens with zero attached hydrogens (tertiary/aromatic N) is 1. The van der Waals surface area contributed by atoms with Gasteiger partial charge in [-0.05, 0) is 51.0 Å². The van der Waals surface area contributed by atoms with Crippen LogP contribution in [0.25, 0.3) is 0 Å². The molecule has 25 heavy (non-hydrogen) atoms. The lowest BCUT2D eigenvalue weighted by Gasteiger charge is -2.34. The standard InChI is InChI=1S/C21H28N2O2/c1-21(20(25)22-16-18-10-6-3-7-11-18)14-12-19(24)23(21)15-13-17-8-4-2-5-9-17/h3,6-8,10-11H,2,4-5,9,12-16H2,1H3,(H,22,25). The van der Waals surface area contributed by atoms with Crippen molar-refractivity contribution in [3.8, 4) is 0 Å². The molecule has 1 fully saturated rings. The van der Waals surface area contributed by atoms with Crippen molar-refractivity contribution in [1.82, 2.24) is 10.2 Å². The smallest absolute Gasteiger partial charge is 0.245 e. The molecule has 4 nitrogen and oxygen atoms in total. The second-order valence-electron chi connectivity index (χ2n) is 7.35. The summed E-state index contributed by atoms with van der Waals surface area (Å²) in [4.78, 5) is 27.0. The normalized spacial score (nSPS) is 23.5. The summed E-state index contributed by atoms with van der Waals surface area (Å²) in [6.07, 6.45) is 9.08. The highest BCUT2D eigenvalue weighted by Gasteiger charge is 2.46. The summed E-state index contributed by atoms with van der Waals surface area (Å²) in [6, 6.07) is 9.88. The molecule has 0 bridgehead atoms. The van der Waals surface area contributed by atoms with E-state index in [0.717, 1.165) is 24.8 Å². The van der Waals surface area contributed by atoms with Crippen LogP contribution in [-0.4, -0.2) is 28.8 Å². The number of carbonyl (C=O) groups is 2. The average molecular weight is 340 g/mol. The second kappa shape index (κ2) is 7.85. The van der Waals surface area contributed by atoms with E-state index in [0.29, 0.717) is 25.9 Å². The van der Waals surface area contributed by atoms with Crippen molar-refractivity contribution in [3.05, 3.63) is 47.5 Å². The van der Waals surface area contributed by atoms with Gasteiger partial charge in [-0.25, -0.2) is 0 Å². The van der Waals surface area contributed by atoms with Crippen LogP contribution in [0.2, 0.25) is 0 Å². The molecule has 2 aliphatic rings. The predicted octanol–water partition coefficient (Wildman–Crippen LogP) is 3.57. The molecule has 0 radical (unpaired) electrons. The fourth-order valence-electron chi connectivity index (χ4n) is 3.86. The van der Waals surface area contributed by atoms with Gasteiger partial charge in [0.15, 0.2) is 0 Å². The van der Waals surface area contributed by atoms with E-state index >= 15 is 0 Å². The van der Waals surface area contributed by atoms with Gasteiger partial charge in [-0.3, -0.25) is 9.59 Å². The van der Waals surface area contributed by atoms with Crippen molar-refractivity contribution in [3.63, 3.8) is 0 Å². The van der Waals surface area contributed by atoms with Crippen molar-refractivity contribution < 1.29 is 9.59 Å². The zero-order valence-corrected chi connectivity index (χ0v) is 15.1. The molecule has 1 aliphatic carbocycles. The molecular formula is C21H28N2O2. The second-order valence-corrected chi connectivity index (χ2v) is 7.35. The Balaban J connectivity index is 1.61. The molecule has 1 aromatic carbocycles. The van der Waals surface area contributed by atoms with E-state index in [-0.39, 0.29) is 11.8 Å². The molecule has 0 saturated carbocycles. The van der Waals surface area contributed by atoms with Crippen LogP contribution in [0.4, 0.5) is 0 Å². The Morgan fingerprint density at radius 2 is 2.00 bits per heavy atom. The minimum absolute atomic E-state index is 0.0418. The molecular weight excluding hydrogens is 312 g/mol. The number of hydrogen-bond donors (Lipinski definition) is 1. The molecule has 1 atom stereocenters. The Morgan fingerprint density at radius 3 is 2.72 bits per heavy atom. The molecule has 1 aromatic rings. The van der Waals surface area contributed by atoms with E-state index in [4.69, 9.17) is 0 Å². The molecule has 4 heteroatoms. The van der Waals surface area contributed by atoms with E-state index in [1.807, 2.05) is 42.2 Å². The summed E-state index contributed by atoms with van der Waals surface area (Å²) in [5.41, 5.74) is 1.79. The van der Waals surface area contributed by atoms with E-state index in [2.05, 4.69) is 11.4 Å². The number of rotatable bonds is 6. The van der Waals surface area contributed by atoms with Gasteiger partial charge in [-0.2, -0.15) is 0 Å². The molecule has 134 valence electrons. The number of nitrogens with one attached hydrogen (secondary N) is 1. The Hall–Kier alpha value is -2.10. The first-order valence-corrected chi connectivity index (χ1v) is 9.40. The van der Waals surface area contributed by atoms with Gasteiger partial charge < -0.3 is 10.2 Å². The molecule has 0 aromatic heterocycles. The van der Waals surface area contributed by atoms with E-state index < -0.39 is 5.54 Å². The highest BCUT2D eigenvalue weighted by molar-refractivity contribution is 5.94. The zero-order chi connectivity index (χ0) is 17.7. The molecule has 2 amide bonds. The van der Waals surface area contributed by atoms with Crippen molar-refractivity contribution in [2.75, 3.05) is 6.54 Å². The maximum atomic E-state index is 12.8. The van der Waals surface area contributed by atoms with Crippen LogP contribution < -0.4 is 5.32 Å². The van der Waals surface area contributed by atoms with Crippen molar-refractivity contribution in [1.29, 1.82) is 0 Å². The van der Waals surface area contributed by atoms with Crippen LogP contribution in [0, 0.1) is 0 Å². The molecule has 1 unspecified atom stereocenters.